The van der Waals surface area contributed by atoms with Gasteiger partial charge in [-0.05, 0) is 0 Å². The second kappa shape index (κ2) is 4.02. The van der Waals surface area contributed by atoms with E-state index >= 15 is 0 Å². The molecule has 0 unspecified atom stereocenters. The second-order valence-corrected chi connectivity index (χ2v) is 4.85. The van der Waals surface area contributed by atoms with E-state index in [1.54, 1.807) is 0 Å². The minimum absolute atomic E-state index is 0.104. The van der Waals surface area contributed by atoms with Crippen LogP contribution >= 0.6 is 10.7 Å². The summed E-state index contributed by atoms with van der Waals surface area (Å²) in [5.74, 6) is 0.359. The van der Waals surface area contributed by atoms with Crippen molar-refractivity contribution in [1.82, 2.24) is 4.98 Å². The molecule has 0 atom stereocenters. The fourth-order valence-corrected chi connectivity index (χ4v) is 1.77. The Labute approximate surface area is 86.0 Å². The zero-order valence-electron chi connectivity index (χ0n) is 7.52. The molecule has 0 spiro atoms. The summed E-state index contributed by atoms with van der Waals surface area (Å²) in [5, 5.41) is 0. The monoisotopic (exact) mass is 237 g/mol. The highest BCUT2D eigenvalue weighted by Gasteiger charge is 2.17. The molecule has 0 aromatic carbocycles. The van der Waals surface area contributed by atoms with Crippen LogP contribution in [0.1, 0.15) is 0 Å². The third-order valence-electron chi connectivity index (χ3n) is 1.50. The topological polar surface area (TPSA) is 65.5 Å². The lowest BCUT2D eigenvalue weighted by Gasteiger charge is -2.06. The zero-order chi connectivity index (χ0) is 10.8. The van der Waals surface area contributed by atoms with E-state index < -0.39 is 9.05 Å². The van der Waals surface area contributed by atoms with E-state index in [-0.39, 0.29) is 16.5 Å². The molecule has 1 aromatic heterocycles. The van der Waals surface area contributed by atoms with E-state index in [1.807, 2.05) is 0 Å². The van der Waals surface area contributed by atoms with Gasteiger partial charge < -0.3 is 9.47 Å². The Bertz CT molecular complexity index is 431. The molecule has 5 nitrogen and oxygen atoms in total. The molecular weight excluding hydrogens is 230 g/mol. The van der Waals surface area contributed by atoms with Crippen LogP contribution in [0.5, 0.6) is 11.6 Å². The molecule has 0 saturated heterocycles. The van der Waals surface area contributed by atoms with Crippen LogP contribution in [0.2, 0.25) is 0 Å². The molecule has 0 aliphatic rings. The van der Waals surface area contributed by atoms with Crippen LogP contribution in [0.25, 0.3) is 0 Å². The number of nitrogens with zero attached hydrogens (tertiary/aromatic N) is 1. The molecule has 14 heavy (non-hydrogen) atoms. The highest BCUT2D eigenvalue weighted by Crippen LogP contribution is 2.28. The Morgan fingerprint density at radius 3 is 2.43 bits per heavy atom. The summed E-state index contributed by atoms with van der Waals surface area (Å²) in [7, 11) is 4.06. The molecule has 0 fully saturated rings. The molecule has 0 saturated carbocycles. The Morgan fingerprint density at radius 2 is 2.00 bits per heavy atom. The van der Waals surface area contributed by atoms with E-state index in [0.29, 0.717) is 0 Å². The van der Waals surface area contributed by atoms with Crippen molar-refractivity contribution in [2.24, 2.45) is 0 Å². The van der Waals surface area contributed by atoms with Gasteiger partial charge in [0.15, 0.2) is 0 Å². The molecule has 1 aromatic rings. The minimum atomic E-state index is -3.84. The summed E-state index contributed by atoms with van der Waals surface area (Å²) < 4.78 is 31.7. The first-order chi connectivity index (χ1) is 6.49. The molecule has 1 heterocycles. The predicted molar refractivity (Wildman–Crippen MR) is 50.4 cm³/mol. The van der Waals surface area contributed by atoms with Crippen LogP contribution < -0.4 is 9.47 Å². The molecule has 0 N–H and O–H groups in total. The first kappa shape index (κ1) is 11.1. The van der Waals surface area contributed by atoms with Crippen LogP contribution in [-0.4, -0.2) is 27.6 Å². The maximum absolute atomic E-state index is 11.0. The number of ether oxygens (including phenoxy) is 2. The molecule has 7 heteroatoms. The number of halogens is 1. The number of rotatable bonds is 3. The normalized spacial score (nSPS) is 11.1. The fourth-order valence-electron chi connectivity index (χ4n) is 0.861. The Hall–Kier alpha value is -1.01. The largest absolute Gasteiger partial charge is 0.495 e. The van der Waals surface area contributed by atoms with Crippen LogP contribution in [0.15, 0.2) is 17.2 Å². The van der Waals surface area contributed by atoms with Crippen molar-refractivity contribution in [3.8, 4) is 11.6 Å². The molecule has 0 amide bonds. The molecule has 0 bridgehead atoms. The van der Waals surface area contributed by atoms with Crippen molar-refractivity contribution in [2.75, 3.05) is 14.2 Å². The van der Waals surface area contributed by atoms with Gasteiger partial charge in [0.1, 0.15) is 10.6 Å². The quantitative estimate of drug-likeness (QED) is 0.735. The summed E-state index contributed by atoms with van der Waals surface area (Å²) >= 11 is 0. The van der Waals surface area contributed by atoms with Crippen molar-refractivity contribution >= 4 is 19.7 Å². The van der Waals surface area contributed by atoms with E-state index in [1.165, 1.54) is 20.3 Å². The van der Waals surface area contributed by atoms with Crippen LogP contribution in [0.4, 0.5) is 0 Å². The molecular formula is C7H8ClNO4S. The average Bonchev–Trinajstić information content (AvgIpc) is 2.15. The maximum Gasteiger partial charge on any atom is 0.266 e. The van der Waals surface area contributed by atoms with E-state index in [2.05, 4.69) is 4.98 Å². The van der Waals surface area contributed by atoms with Crippen LogP contribution in [0, 0.1) is 0 Å². The molecule has 0 aliphatic carbocycles. The summed E-state index contributed by atoms with van der Waals surface area (Å²) in [6.07, 6.45) is 1.08. The van der Waals surface area contributed by atoms with Gasteiger partial charge in [-0.25, -0.2) is 13.4 Å². The average molecular weight is 238 g/mol. The van der Waals surface area contributed by atoms with Gasteiger partial charge in [-0.2, -0.15) is 0 Å². The maximum atomic E-state index is 11.0. The lowest BCUT2D eigenvalue weighted by atomic mass is 10.4. The van der Waals surface area contributed by atoms with Gasteiger partial charge in [0, 0.05) is 16.7 Å². The minimum Gasteiger partial charge on any atom is -0.495 e. The van der Waals surface area contributed by atoms with Crippen molar-refractivity contribution in [2.45, 2.75) is 4.90 Å². The summed E-state index contributed by atoms with van der Waals surface area (Å²) in [6, 6.07) is 1.34. The highest BCUT2D eigenvalue weighted by atomic mass is 35.7. The summed E-state index contributed by atoms with van der Waals surface area (Å²) in [4.78, 5) is 3.53. The van der Waals surface area contributed by atoms with Gasteiger partial charge >= 0.3 is 0 Å². The second-order valence-electron chi connectivity index (χ2n) is 2.32. The number of aromatic nitrogens is 1. The third kappa shape index (κ3) is 2.27. The van der Waals surface area contributed by atoms with E-state index in [4.69, 9.17) is 20.2 Å². The number of hydrogen-bond donors (Lipinski definition) is 0. The van der Waals surface area contributed by atoms with Gasteiger partial charge in [0.05, 0.1) is 20.4 Å². The standard InChI is InChI=1S/C7H8ClNO4S/c1-12-5-3-7(13-2)9-4-6(5)14(8,10)11/h3-4H,1-2H3. The summed E-state index contributed by atoms with van der Waals surface area (Å²) in [6.45, 7) is 0. The third-order valence-corrected chi connectivity index (χ3v) is 2.83. The van der Waals surface area contributed by atoms with Gasteiger partial charge in [-0.1, -0.05) is 0 Å². The first-order valence-electron chi connectivity index (χ1n) is 3.51. The fraction of sp³-hybridized carbons (Fsp3) is 0.286. The van der Waals surface area contributed by atoms with Gasteiger partial charge in [0.25, 0.3) is 9.05 Å². The Morgan fingerprint density at radius 1 is 1.36 bits per heavy atom. The van der Waals surface area contributed by atoms with Crippen LogP contribution in [0.3, 0.4) is 0 Å². The predicted octanol–water partition coefficient (Wildman–Crippen LogP) is 1.03. The molecule has 78 valence electrons. The SMILES string of the molecule is COc1cc(OC)c(S(=O)(=O)Cl)cn1. The number of methoxy groups -OCH3 is 2. The zero-order valence-corrected chi connectivity index (χ0v) is 9.09. The lowest BCUT2D eigenvalue weighted by molar-refractivity contribution is 0.375. The van der Waals surface area contributed by atoms with Gasteiger partial charge in [-0.3, -0.25) is 0 Å². The molecule has 0 radical (unpaired) electrons. The van der Waals surface area contributed by atoms with Gasteiger partial charge in [0.2, 0.25) is 5.88 Å². The van der Waals surface area contributed by atoms with E-state index in [0.717, 1.165) is 6.20 Å². The first-order valence-corrected chi connectivity index (χ1v) is 5.82. The van der Waals surface area contributed by atoms with E-state index in [9.17, 15) is 8.42 Å². The number of hydrogen-bond acceptors (Lipinski definition) is 5. The smallest absolute Gasteiger partial charge is 0.266 e. The summed E-state index contributed by atoms with van der Waals surface area (Å²) in [5.41, 5.74) is 0. The van der Waals surface area contributed by atoms with Crippen molar-refractivity contribution in [3.63, 3.8) is 0 Å². The van der Waals surface area contributed by atoms with Crippen LogP contribution in [-0.2, 0) is 9.05 Å². The van der Waals surface area contributed by atoms with Crippen molar-refractivity contribution in [3.05, 3.63) is 12.3 Å². The van der Waals surface area contributed by atoms with Gasteiger partial charge in [-0.15, -0.1) is 0 Å². The molecule has 0 aliphatic heterocycles. The van der Waals surface area contributed by atoms with Crippen molar-refractivity contribution in [1.29, 1.82) is 0 Å². The Kier molecular flexibility index (Phi) is 3.17. The molecule has 1 rings (SSSR count). The highest BCUT2D eigenvalue weighted by molar-refractivity contribution is 8.13. The van der Waals surface area contributed by atoms with Crippen molar-refractivity contribution < 1.29 is 17.9 Å². The number of pyridine rings is 1. The lowest BCUT2D eigenvalue weighted by Crippen LogP contribution is -1.98. The Balaban J connectivity index is 3.33.